The lowest BCUT2D eigenvalue weighted by Gasteiger charge is -2.47. The molecule has 38 heavy (non-hydrogen) atoms. The van der Waals surface area contributed by atoms with E-state index in [4.69, 9.17) is 5.73 Å². The molecule has 0 aromatic carbocycles. The standard InChI is InChI=1S/C25H23N5O7S/c1-10-16(20(25(36)37)30-19(10)17(11(2)31)23(30)35)14-8-29-22(12(3)32)27-18(24(29)38-14)21(34)13-5-4-6-28(7-13)9-15(26)33/h4-8,10-11,17,19,31H,9H2,1-3H3,(H2-,26,33,36,37)/t10-,11+,17+,19+/m0/s1. The summed E-state index contributed by atoms with van der Waals surface area (Å²) in [6.45, 7) is 4.41. The first-order valence-corrected chi connectivity index (χ1v) is 12.6. The number of aliphatic hydroxyl groups is 1. The van der Waals surface area contributed by atoms with E-state index in [9.17, 15) is 34.2 Å². The monoisotopic (exact) mass is 537 g/mol. The number of nitrogens with zero attached hydrogens (tertiary/aromatic N) is 4. The number of primary amides is 1. The van der Waals surface area contributed by atoms with Gasteiger partial charge in [0.05, 0.1) is 40.2 Å². The molecule has 12 nitrogen and oxygen atoms in total. The highest BCUT2D eigenvalue weighted by Crippen LogP contribution is 2.51. The molecule has 2 amide bonds. The summed E-state index contributed by atoms with van der Waals surface area (Å²) in [6, 6.07) is 2.56. The van der Waals surface area contributed by atoms with Crippen LogP contribution in [0.1, 0.15) is 52.3 Å². The molecule has 0 aliphatic carbocycles. The summed E-state index contributed by atoms with van der Waals surface area (Å²) in [4.78, 5) is 68.2. The summed E-state index contributed by atoms with van der Waals surface area (Å²) in [6.07, 6.45) is 3.59. The average Bonchev–Trinajstić information content (AvgIpc) is 3.46. The lowest BCUT2D eigenvalue weighted by atomic mass is 9.77. The number of amides is 2. The van der Waals surface area contributed by atoms with Crippen LogP contribution in [-0.4, -0.2) is 60.9 Å². The number of aromatic nitrogens is 3. The number of nitrogens with two attached hydrogens (primary N) is 1. The van der Waals surface area contributed by atoms with Crippen LogP contribution >= 0.6 is 11.3 Å². The van der Waals surface area contributed by atoms with Gasteiger partial charge in [0.15, 0.2) is 24.0 Å². The van der Waals surface area contributed by atoms with Crippen molar-refractivity contribution in [3.63, 3.8) is 0 Å². The van der Waals surface area contributed by atoms with Crippen molar-refractivity contribution in [3.05, 3.63) is 58.4 Å². The number of hydrogen-bond donors (Lipinski definition) is 2. The fourth-order valence-electron chi connectivity index (χ4n) is 5.36. The number of aliphatic hydroxyl groups excluding tert-OH is 1. The molecule has 13 heteroatoms. The molecule has 2 aliphatic rings. The van der Waals surface area contributed by atoms with E-state index in [-0.39, 0.29) is 29.3 Å². The maximum absolute atomic E-state index is 13.5. The molecule has 1 saturated heterocycles. The van der Waals surface area contributed by atoms with Crippen molar-refractivity contribution in [2.45, 2.75) is 39.5 Å². The number of ketones is 2. The number of hydrogen-bond acceptors (Lipinski definition) is 9. The average molecular weight is 538 g/mol. The predicted molar refractivity (Wildman–Crippen MR) is 129 cm³/mol. The highest BCUT2D eigenvalue weighted by molar-refractivity contribution is 7.18. The molecule has 3 aromatic heterocycles. The number of thiazole rings is 1. The van der Waals surface area contributed by atoms with E-state index in [1.165, 1.54) is 41.3 Å². The Morgan fingerprint density at radius 3 is 2.63 bits per heavy atom. The van der Waals surface area contributed by atoms with Crippen molar-refractivity contribution in [1.82, 2.24) is 14.3 Å². The van der Waals surface area contributed by atoms with Crippen LogP contribution in [0, 0.1) is 11.8 Å². The summed E-state index contributed by atoms with van der Waals surface area (Å²) in [7, 11) is 0. The molecule has 0 spiro atoms. The number of carbonyl (C=O) groups is 5. The van der Waals surface area contributed by atoms with E-state index in [0.29, 0.717) is 15.3 Å². The number of imidazole rings is 1. The lowest BCUT2D eigenvalue weighted by molar-refractivity contribution is -0.684. The summed E-state index contributed by atoms with van der Waals surface area (Å²) in [5.74, 6) is -4.77. The van der Waals surface area contributed by atoms with Crippen LogP contribution in [0.5, 0.6) is 0 Å². The first-order valence-electron chi connectivity index (χ1n) is 11.7. The van der Waals surface area contributed by atoms with Gasteiger partial charge in [-0.1, -0.05) is 6.92 Å². The van der Waals surface area contributed by atoms with E-state index in [1.807, 2.05) is 0 Å². The van der Waals surface area contributed by atoms with Crippen LogP contribution in [0.4, 0.5) is 0 Å². The van der Waals surface area contributed by atoms with Gasteiger partial charge in [-0.25, -0.2) is 4.98 Å². The largest absolute Gasteiger partial charge is 0.543 e. The Hall–Kier alpha value is -4.23. The lowest BCUT2D eigenvalue weighted by Crippen LogP contribution is -2.64. The fourth-order valence-corrected chi connectivity index (χ4v) is 6.59. The van der Waals surface area contributed by atoms with Gasteiger partial charge in [-0.05, 0) is 13.0 Å². The van der Waals surface area contributed by atoms with Crippen molar-refractivity contribution in [1.29, 1.82) is 0 Å². The zero-order valence-electron chi connectivity index (χ0n) is 20.6. The van der Waals surface area contributed by atoms with Crippen molar-refractivity contribution in [3.8, 4) is 0 Å². The van der Waals surface area contributed by atoms with E-state index in [1.54, 1.807) is 19.2 Å². The first kappa shape index (κ1) is 25.4. The maximum atomic E-state index is 13.5. The number of fused-ring (bicyclic) bond motifs is 2. The van der Waals surface area contributed by atoms with E-state index < -0.39 is 53.3 Å². The smallest absolute Gasteiger partial charge is 0.283 e. The first-order chi connectivity index (χ1) is 17.9. The van der Waals surface area contributed by atoms with E-state index in [2.05, 4.69) is 4.98 Å². The SMILES string of the molecule is CC(=O)c1nc(C(=O)c2ccc[n+](CC(N)=O)c2)c2sc(C3=C(C(=O)[O-])N4C(=O)[C@H]([C@@H](C)O)[C@H]4[C@H]3C)cn12. The number of carboxylic acids is 1. The molecule has 5 heterocycles. The van der Waals surface area contributed by atoms with Crippen LogP contribution in [0.2, 0.25) is 0 Å². The molecular formula is C25H23N5O7S. The highest BCUT2D eigenvalue weighted by atomic mass is 32.1. The topological polar surface area (TPSA) is 179 Å². The van der Waals surface area contributed by atoms with Crippen LogP contribution in [0.15, 0.2) is 36.4 Å². The Morgan fingerprint density at radius 1 is 1.32 bits per heavy atom. The van der Waals surface area contributed by atoms with Gasteiger partial charge in [-0.2, -0.15) is 4.57 Å². The third kappa shape index (κ3) is 3.73. The number of aliphatic carboxylic acids is 1. The van der Waals surface area contributed by atoms with Gasteiger partial charge in [-0.15, -0.1) is 11.3 Å². The third-order valence-corrected chi connectivity index (χ3v) is 8.07. The fraction of sp³-hybridized carbons (Fsp3) is 0.320. The van der Waals surface area contributed by atoms with Gasteiger partial charge < -0.3 is 25.6 Å². The second-order valence-electron chi connectivity index (χ2n) is 9.47. The van der Waals surface area contributed by atoms with Crippen LogP contribution in [-0.2, 0) is 20.9 Å². The molecule has 0 radical (unpaired) electrons. The number of Topliss-reactive ketones (excluding diaryl/α,β-unsaturated/α-hetero) is 1. The second kappa shape index (κ2) is 8.96. The summed E-state index contributed by atoms with van der Waals surface area (Å²) >= 11 is 1.06. The summed E-state index contributed by atoms with van der Waals surface area (Å²) < 4.78 is 2.89. The Balaban J connectivity index is 1.64. The zero-order chi connectivity index (χ0) is 27.6. The van der Waals surface area contributed by atoms with Gasteiger partial charge in [-0.3, -0.25) is 23.6 Å². The van der Waals surface area contributed by atoms with Gasteiger partial charge in [0.1, 0.15) is 10.5 Å². The normalized spacial score (nSPS) is 21.4. The Labute approximate surface area is 219 Å². The predicted octanol–water partition coefficient (Wildman–Crippen LogP) is -1.08. The Bertz CT molecular complexity index is 1600. The van der Waals surface area contributed by atoms with Crippen molar-refractivity contribution in [2.75, 3.05) is 0 Å². The molecule has 5 rings (SSSR count). The Kier molecular flexibility index (Phi) is 5.99. The van der Waals surface area contributed by atoms with Crippen LogP contribution < -0.4 is 15.4 Å². The summed E-state index contributed by atoms with van der Waals surface area (Å²) in [5.41, 5.74) is 5.48. The highest BCUT2D eigenvalue weighted by Gasteiger charge is 2.59. The molecule has 3 N–H and O–H groups in total. The van der Waals surface area contributed by atoms with Crippen LogP contribution in [0.3, 0.4) is 0 Å². The zero-order valence-corrected chi connectivity index (χ0v) is 21.4. The number of carbonyl (C=O) groups excluding carboxylic acids is 5. The molecule has 0 unspecified atom stereocenters. The third-order valence-electron chi connectivity index (χ3n) is 6.94. The molecule has 196 valence electrons. The van der Waals surface area contributed by atoms with Gasteiger partial charge in [0, 0.05) is 30.7 Å². The Morgan fingerprint density at radius 2 is 2.03 bits per heavy atom. The number of rotatable bonds is 8. The minimum absolute atomic E-state index is 0.0192. The molecule has 0 bridgehead atoms. The van der Waals surface area contributed by atoms with Crippen molar-refractivity contribution < 1.29 is 38.8 Å². The van der Waals surface area contributed by atoms with Gasteiger partial charge in [0.25, 0.3) is 5.91 Å². The minimum atomic E-state index is -1.53. The van der Waals surface area contributed by atoms with Crippen molar-refractivity contribution >= 4 is 51.1 Å². The molecule has 2 aliphatic heterocycles. The van der Waals surface area contributed by atoms with Crippen molar-refractivity contribution in [2.24, 2.45) is 17.6 Å². The van der Waals surface area contributed by atoms with E-state index >= 15 is 0 Å². The molecule has 0 saturated carbocycles. The number of carboxylic acid groups (broad SMARTS) is 1. The maximum Gasteiger partial charge on any atom is 0.283 e. The van der Waals surface area contributed by atoms with Gasteiger partial charge >= 0.3 is 0 Å². The minimum Gasteiger partial charge on any atom is -0.543 e. The number of pyridine rings is 1. The molecule has 4 atom stereocenters. The molecular weight excluding hydrogens is 514 g/mol. The molecule has 1 fully saturated rings. The second-order valence-corrected chi connectivity index (χ2v) is 10.5. The van der Waals surface area contributed by atoms with Crippen LogP contribution in [0.25, 0.3) is 10.4 Å². The van der Waals surface area contributed by atoms with Gasteiger partial charge in [0.2, 0.25) is 18.2 Å². The van der Waals surface area contributed by atoms with E-state index in [0.717, 1.165) is 16.2 Å². The number of β-lactam (4-membered cyclic amide) rings is 1. The quantitative estimate of drug-likeness (QED) is 0.207. The molecule has 3 aromatic rings. The summed E-state index contributed by atoms with van der Waals surface area (Å²) in [5, 5.41) is 22.3.